The number of hydrogen-bond donors (Lipinski definition) is 2. The lowest BCUT2D eigenvalue weighted by molar-refractivity contribution is 0.00752. The molecule has 0 bridgehead atoms. The van der Waals surface area contributed by atoms with Crippen LogP contribution in [0.3, 0.4) is 0 Å². The smallest absolute Gasteiger partial charge is 0.191 e. The Morgan fingerprint density at radius 1 is 1.27 bits per heavy atom. The van der Waals surface area contributed by atoms with Gasteiger partial charge in [0, 0.05) is 39.3 Å². The van der Waals surface area contributed by atoms with Gasteiger partial charge in [0.05, 0.1) is 20.3 Å². The Morgan fingerprint density at radius 3 is 2.58 bits per heavy atom. The molecule has 146 valence electrons. The molecular weight excluding hydrogens is 328 g/mol. The molecule has 2 rings (SSSR count). The maximum atomic E-state index is 5.48. The Balaban J connectivity index is 1.87. The van der Waals surface area contributed by atoms with Crippen LogP contribution in [0.5, 0.6) is 5.75 Å². The third-order valence-corrected chi connectivity index (χ3v) is 4.91. The molecule has 1 saturated heterocycles. The average molecular weight is 363 g/mol. The first kappa shape index (κ1) is 20.5. The predicted molar refractivity (Wildman–Crippen MR) is 107 cm³/mol. The molecule has 1 fully saturated rings. The van der Waals surface area contributed by atoms with Crippen molar-refractivity contribution in [3.63, 3.8) is 0 Å². The van der Waals surface area contributed by atoms with E-state index in [-0.39, 0.29) is 0 Å². The Hall–Kier alpha value is -1.79. The number of ether oxygens (including phenoxy) is 2. The van der Waals surface area contributed by atoms with Crippen LogP contribution in [0.2, 0.25) is 0 Å². The summed E-state index contributed by atoms with van der Waals surface area (Å²) in [6.07, 6.45) is 0. The van der Waals surface area contributed by atoms with E-state index in [4.69, 9.17) is 9.47 Å². The first-order chi connectivity index (χ1) is 12.5. The molecule has 0 spiro atoms. The van der Waals surface area contributed by atoms with Crippen LogP contribution in [0, 0.1) is 12.8 Å². The molecular formula is C20H34N4O2. The molecule has 1 aliphatic rings. The second-order valence-corrected chi connectivity index (χ2v) is 7.07. The number of guanidine groups is 1. The van der Waals surface area contributed by atoms with Crippen LogP contribution in [-0.2, 0) is 11.3 Å². The Morgan fingerprint density at radius 2 is 2.00 bits per heavy atom. The zero-order chi connectivity index (χ0) is 18.9. The second-order valence-electron chi connectivity index (χ2n) is 7.07. The van der Waals surface area contributed by atoms with Crippen molar-refractivity contribution in [2.75, 3.05) is 47.0 Å². The minimum atomic E-state index is 0.473. The van der Waals surface area contributed by atoms with Crippen LogP contribution in [0.25, 0.3) is 0 Å². The number of nitrogens with one attached hydrogen (secondary N) is 2. The van der Waals surface area contributed by atoms with E-state index in [0.29, 0.717) is 12.0 Å². The van der Waals surface area contributed by atoms with Gasteiger partial charge in [-0.1, -0.05) is 26.0 Å². The number of aryl methyl sites for hydroxylation is 1. The molecule has 0 amide bonds. The first-order valence-electron chi connectivity index (χ1n) is 9.45. The van der Waals surface area contributed by atoms with Crippen LogP contribution in [-0.4, -0.2) is 63.9 Å². The molecule has 26 heavy (non-hydrogen) atoms. The molecule has 1 atom stereocenters. The maximum Gasteiger partial charge on any atom is 0.191 e. The molecule has 0 radical (unpaired) electrons. The first-order valence-corrected chi connectivity index (χ1v) is 9.45. The zero-order valence-corrected chi connectivity index (χ0v) is 16.8. The third-order valence-electron chi connectivity index (χ3n) is 4.91. The van der Waals surface area contributed by atoms with Crippen molar-refractivity contribution in [1.82, 2.24) is 15.5 Å². The standard InChI is InChI=1S/C20H34N4O2/c1-15(2)18(24-8-10-26-11-9-24)14-23-20(21-4)22-13-17-6-7-19(25-5)16(3)12-17/h6-7,12,15,18H,8-11,13-14H2,1-5H3,(H2,21,22,23). The largest absolute Gasteiger partial charge is 0.496 e. The normalized spacial score (nSPS) is 17.2. The van der Waals surface area contributed by atoms with E-state index in [2.05, 4.69) is 53.4 Å². The van der Waals surface area contributed by atoms with Crippen LogP contribution in [0.15, 0.2) is 23.2 Å². The van der Waals surface area contributed by atoms with E-state index < -0.39 is 0 Å². The summed E-state index contributed by atoms with van der Waals surface area (Å²) >= 11 is 0. The Kier molecular flexibility index (Phi) is 8.19. The summed E-state index contributed by atoms with van der Waals surface area (Å²) in [6.45, 7) is 11.9. The lowest BCUT2D eigenvalue weighted by Crippen LogP contribution is -2.52. The fourth-order valence-electron chi connectivity index (χ4n) is 3.35. The van der Waals surface area contributed by atoms with Crippen molar-refractivity contribution < 1.29 is 9.47 Å². The van der Waals surface area contributed by atoms with Gasteiger partial charge in [0.25, 0.3) is 0 Å². The third kappa shape index (κ3) is 5.88. The zero-order valence-electron chi connectivity index (χ0n) is 16.8. The number of rotatable bonds is 7. The minimum Gasteiger partial charge on any atom is -0.496 e. The number of benzene rings is 1. The molecule has 1 aliphatic heterocycles. The second kappa shape index (κ2) is 10.4. The maximum absolute atomic E-state index is 5.48. The van der Waals surface area contributed by atoms with E-state index in [1.165, 1.54) is 5.56 Å². The van der Waals surface area contributed by atoms with Gasteiger partial charge in [-0.05, 0) is 30.0 Å². The van der Waals surface area contributed by atoms with Crippen molar-refractivity contribution in [1.29, 1.82) is 0 Å². The highest BCUT2D eigenvalue weighted by Gasteiger charge is 2.23. The Labute approximate surface area is 158 Å². The average Bonchev–Trinajstić information content (AvgIpc) is 2.65. The van der Waals surface area contributed by atoms with Gasteiger partial charge < -0.3 is 20.1 Å². The lowest BCUT2D eigenvalue weighted by atomic mass is 10.0. The summed E-state index contributed by atoms with van der Waals surface area (Å²) in [6, 6.07) is 6.71. The van der Waals surface area contributed by atoms with Crippen LogP contribution >= 0.6 is 0 Å². The van der Waals surface area contributed by atoms with Gasteiger partial charge in [0.2, 0.25) is 0 Å². The van der Waals surface area contributed by atoms with Gasteiger partial charge in [-0.3, -0.25) is 9.89 Å². The van der Waals surface area contributed by atoms with Crippen LogP contribution in [0.4, 0.5) is 0 Å². The van der Waals surface area contributed by atoms with E-state index in [1.807, 2.05) is 13.1 Å². The molecule has 2 N–H and O–H groups in total. The van der Waals surface area contributed by atoms with Crippen molar-refractivity contribution in [2.45, 2.75) is 33.4 Å². The summed E-state index contributed by atoms with van der Waals surface area (Å²) in [5.74, 6) is 2.32. The van der Waals surface area contributed by atoms with Gasteiger partial charge in [0.1, 0.15) is 5.75 Å². The lowest BCUT2D eigenvalue weighted by Gasteiger charge is -2.37. The summed E-state index contributed by atoms with van der Waals surface area (Å²) in [5, 5.41) is 6.89. The minimum absolute atomic E-state index is 0.473. The van der Waals surface area contributed by atoms with Crippen molar-refractivity contribution >= 4 is 5.96 Å². The van der Waals surface area contributed by atoms with Crippen molar-refractivity contribution in [3.05, 3.63) is 29.3 Å². The highest BCUT2D eigenvalue weighted by molar-refractivity contribution is 5.79. The van der Waals surface area contributed by atoms with E-state index in [9.17, 15) is 0 Å². The summed E-state index contributed by atoms with van der Waals surface area (Å²) in [5.41, 5.74) is 2.35. The molecule has 1 aromatic carbocycles. The molecule has 1 aromatic rings. The molecule has 6 heteroatoms. The van der Waals surface area contributed by atoms with Crippen LogP contribution < -0.4 is 15.4 Å². The van der Waals surface area contributed by atoms with Gasteiger partial charge >= 0.3 is 0 Å². The number of nitrogens with zero attached hydrogens (tertiary/aromatic N) is 2. The van der Waals surface area contributed by atoms with Gasteiger partial charge in [-0.15, -0.1) is 0 Å². The van der Waals surface area contributed by atoms with Gasteiger partial charge in [-0.25, -0.2) is 0 Å². The predicted octanol–water partition coefficient (Wildman–Crippen LogP) is 2.03. The monoisotopic (exact) mass is 362 g/mol. The number of methoxy groups -OCH3 is 1. The van der Waals surface area contributed by atoms with E-state index >= 15 is 0 Å². The quantitative estimate of drug-likeness (QED) is 0.574. The highest BCUT2D eigenvalue weighted by Crippen LogP contribution is 2.18. The van der Waals surface area contributed by atoms with E-state index in [0.717, 1.165) is 56.7 Å². The Bertz CT molecular complexity index is 583. The molecule has 1 heterocycles. The topological polar surface area (TPSA) is 58.1 Å². The SMILES string of the molecule is CN=C(NCc1ccc(OC)c(C)c1)NCC(C(C)C)N1CCOCC1. The number of hydrogen-bond acceptors (Lipinski definition) is 4. The van der Waals surface area contributed by atoms with Gasteiger partial charge in [-0.2, -0.15) is 0 Å². The molecule has 1 unspecified atom stereocenters. The fraction of sp³-hybridized carbons (Fsp3) is 0.650. The van der Waals surface area contributed by atoms with E-state index in [1.54, 1.807) is 7.11 Å². The fourth-order valence-corrected chi connectivity index (χ4v) is 3.35. The summed E-state index contributed by atoms with van der Waals surface area (Å²) < 4.78 is 10.8. The highest BCUT2D eigenvalue weighted by atomic mass is 16.5. The molecule has 0 aromatic heterocycles. The summed E-state index contributed by atoms with van der Waals surface area (Å²) in [7, 11) is 3.51. The molecule has 0 aliphatic carbocycles. The number of aliphatic imine (C=N–C) groups is 1. The molecule has 6 nitrogen and oxygen atoms in total. The van der Waals surface area contributed by atoms with Crippen LogP contribution in [0.1, 0.15) is 25.0 Å². The number of morpholine rings is 1. The summed E-state index contributed by atoms with van der Waals surface area (Å²) in [4.78, 5) is 6.88. The van der Waals surface area contributed by atoms with Gasteiger partial charge in [0.15, 0.2) is 5.96 Å². The van der Waals surface area contributed by atoms with Crippen molar-refractivity contribution in [3.8, 4) is 5.75 Å². The molecule has 0 saturated carbocycles. The van der Waals surface area contributed by atoms with Crippen molar-refractivity contribution in [2.24, 2.45) is 10.9 Å².